The number of hydrogen-bond donors (Lipinski definition) is 2. The molecule has 1 aliphatic heterocycles. The van der Waals surface area contributed by atoms with Crippen LogP contribution in [-0.2, 0) is 0 Å². The smallest absolute Gasteiger partial charge is 0.0602 e. The molecule has 2 unspecified atom stereocenters. The number of piperazine rings is 1. The number of aliphatic hydroxyl groups excluding tert-OH is 1. The predicted molar refractivity (Wildman–Crippen MR) is 69.9 cm³/mol. The van der Waals surface area contributed by atoms with Crippen LogP contribution < -0.4 is 5.73 Å². The molecule has 0 aromatic rings. The highest BCUT2D eigenvalue weighted by Gasteiger charge is 2.40. The summed E-state index contributed by atoms with van der Waals surface area (Å²) in [6.07, 6.45) is 2.49. The van der Waals surface area contributed by atoms with Crippen molar-refractivity contribution in [3.63, 3.8) is 0 Å². The Morgan fingerprint density at radius 3 is 2.47 bits per heavy atom. The van der Waals surface area contributed by atoms with Crippen molar-refractivity contribution in [2.75, 3.05) is 33.3 Å². The molecule has 4 nitrogen and oxygen atoms in total. The largest absolute Gasteiger partial charge is 0.395 e. The molecule has 1 aliphatic carbocycles. The van der Waals surface area contributed by atoms with Gasteiger partial charge < -0.3 is 10.8 Å². The topological polar surface area (TPSA) is 52.7 Å². The molecule has 4 heteroatoms. The molecular formula is C13H27N3O. The number of nitrogens with zero attached hydrogens (tertiary/aromatic N) is 2. The Kier molecular flexibility index (Phi) is 3.78. The molecule has 2 aliphatic rings. The molecule has 2 rings (SSSR count). The van der Waals surface area contributed by atoms with Crippen LogP contribution in [0.2, 0.25) is 0 Å². The normalized spacial score (nSPS) is 30.2. The Bertz CT molecular complexity index is 265. The zero-order chi connectivity index (χ0) is 12.6. The third kappa shape index (κ3) is 2.81. The summed E-state index contributed by atoms with van der Waals surface area (Å²) in [5, 5.41) is 9.63. The summed E-state index contributed by atoms with van der Waals surface area (Å²) in [4.78, 5) is 4.78. The zero-order valence-corrected chi connectivity index (χ0v) is 11.4. The lowest BCUT2D eigenvalue weighted by Gasteiger charge is -2.48. The minimum atomic E-state index is 0.149. The second kappa shape index (κ2) is 4.84. The maximum atomic E-state index is 9.63. The lowest BCUT2D eigenvalue weighted by atomic mass is 9.95. The first-order chi connectivity index (χ1) is 7.95. The third-order valence-corrected chi connectivity index (χ3v) is 4.61. The molecule has 0 amide bonds. The van der Waals surface area contributed by atoms with Crippen molar-refractivity contribution in [3.05, 3.63) is 0 Å². The van der Waals surface area contributed by atoms with Gasteiger partial charge in [-0.15, -0.1) is 0 Å². The molecule has 0 bridgehead atoms. The van der Waals surface area contributed by atoms with Gasteiger partial charge in [-0.05, 0) is 39.7 Å². The molecule has 0 radical (unpaired) electrons. The highest BCUT2D eigenvalue weighted by Crippen LogP contribution is 2.34. The molecule has 3 N–H and O–H groups in total. The van der Waals surface area contributed by atoms with Crippen LogP contribution in [0, 0.1) is 5.92 Å². The molecule has 0 spiro atoms. The van der Waals surface area contributed by atoms with E-state index in [9.17, 15) is 5.11 Å². The lowest BCUT2D eigenvalue weighted by Crippen LogP contribution is -2.63. The average molecular weight is 241 g/mol. The van der Waals surface area contributed by atoms with E-state index in [0.717, 1.165) is 19.6 Å². The van der Waals surface area contributed by atoms with Gasteiger partial charge in [-0.3, -0.25) is 9.80 Å². The van der Waals surface area contributed by atoms with Crippen molar-refractivity contribution < 1.29 is 5.11 Å². The van der Waals surface area contributed by atoms with Crippen molar-refractivity contribution >= 4 is 0 Å². The minimum Gasteiger partial charge on any atom is -0.395 e. The van der Waals surface area contributed by atoms with Crippen LogP contribution in [0.4, 0.5) is 0 Å². The van der Waals surface area contributed by atoms with Crippen LogP contribution in [0.15, 0.2) is 0 Å². The van der Waals surface area contributed by atoms with E-state index in [-0.39, 0.29) is 24.2 Å². The van der Waals surface area contributed by atoms with Crippen molar-refractivity contribution in [2.45, 2.75) is 44.3 Å². The molecule has 0 aromatic heterocycles. The number of nitrogens with two attached hydrogens (primary N) is 1. The van der Waals surface area contributed by atoms with Gasteiger partial charge in [-0.25, -0.2) is 0 Å². The number of aliphatic hydroxyl groups is 1. The molecular weight excluding hydrogens is 214 g/mol. The van der Waals surface area contributed by atoms with Gasteiger partial charge in [0.1, 0.15) is 0 Å². The fourth-order valence-electron chi connectivity index (χ4n) is 2.84. The van der Waals surface area contributed by atoms with Crippen LogP contribution in [0.5, 0.6) is 0 Å². The van der Waals surface area contributed by atoms with Crippen LogP contribution in [0.25, 0.3) is 0 Å². The summed E-state index contributed by atoms with van der Waals surface area (Å²) in [5.74, 6) is 0.648. The monoisotopic (exact) mass is 241 g/mol. The van der Waals surface area contributed by atoms with Crippen molar-refractivity contribution in [1.82, 2.24) is 9.80 Å². The van der Waals surface area contributed by atoms with Crippen LogP contribution in [0.1, 0.15) is 26.7 Å². The van der Waals surface area contributed by atoms with Gasteiger partial charge >= 0.3 is 0 Å². The van der Waals surface area contributed by atoms with Crippen molar-refractivity contribution in [2.24, 2.45) is 11.7 Å². The number of likely N-dealkylation sites (N-methyl/N-ethyl adjacent to an activating group) is 1. The fourth-order valence-corrected chi connectivity index (χ4v) is 2.84. The van der Waals surface area contributed by atoms with Crippen LogP contribution in [0.3, 0.4) is 0 Å². The SMILES string of the molecule is CN1CCN(C(CO)C(N)C2CC2)CC1(C)C. The lowest BCUT2D eigenvalue weighted by molar-refractivity contribution is -0.00672. The first-order valence-corrected chi connectivity index (χ1v) is 6.77. The van der Waals surface area contributed by atoms with Gasteiger partial charge in [0, 0.05) is 37.3 Å². The second-order valence-electron chi connectivity index (χ2n) is 6.37. The van der Waals surface area contributed by atoms with Crippen LogP contribution >= 0.6 is 0 Å². The van der Waals surface area contributed by atoms with Crippen molar-refractivity contribution in [3.8, 4) is 0 Å². The number of rotatable bonds is 4. The molecule has 1 saturated carbocycles. The summed E-state index contributed by atoms with van der Waals surface area (Å²) in [6.45, 7) is 7.78. The maximum Gasteiger partial charge on any atom is 0.0602 e. The summed E-state index contributed by atoms with van der Waals surface area (Å²) < 4.78 is 0. The second-order valence-corrected chi connectivity index (χ2v) is 6.37. The van der Waals surface area contributed by atoms with Gasteiger partial charge in [0.2, 0.25) is 0 Å². The van der Waals surface area contributed by atoms with Gasteiger partial charge in [-0.2, -0.15) is 0 Å². The maximum absolute atomic E-state index is 9.63. The van der Waals surface area contributed by atoms with Crippen LogP contribution in [-0.4, -0.2) is 65.8 Å². The quantitative estimate of drug-likeness (QED) is 0.733. The Morgan fingerprint density at radius 1 is 1.35 bits per heavy atom. The van der Waals surface area contributed by atoms with E-state index >= 15 is 0 Å². The van der Waals surface area contributed by atoms with Gasteiger partial charge in [0.05, 0.1) is 6.61 Å². The first kappa shape index (κ1) is 13.3. The third-order valence-electron chi connectivity index (χ3n) is 4.61. The van der Waals surface area contributed by atoms with Gasteiger partial charge in [-0.1, -0.05) is 0 Å². The molecule has 2 fully saturated rings. The first-order valence-electron chi connectivity index (χ1n) is 6.77. The Balaban J connectivity index is 2.00. The van der Waals surface area contributed by atoms with E-state index < -0.39 is 0 Å². The Morgan fingerprint density at radius 2 is 2.00 bits per heavy atom. The standard InChI is InChI=1S/C13H27N3O/c1-13(2)9-16(7-6-15(13)3)11(8-17)12(14)10-4-5-10/h10-12,17H,4-9,14H2,1-3H3. The van der Waals surface area contributed by atoms with E-state index in [2.05, 4.69) is 30.7 Å². The Hall–Kier alpha value is -0.160. The molecule has 0 aromatic carbocycles. The van der Waals surface area contributed by atoms with Gasteiger partial charge in [0.15, 0.2) is 0 Å². The number of hydrogen-bond acceptors (Lipinski definition) is 4. The van der Waals surface area contributed by atoms with E-state index in [1.807, 2.05) is 0 Å². The molecule has 100 valence electrons. The fraction of sp³-hybridized carbons (Fsp3) is 1.00. The van der Waals surface area contributed by atoms with Gasteiger partial charge in [0.25, 0.3) is 0 Å². The average Bonchev–Trinajstić information content (AvgIpc) is 3.07. The summed E-state index contributed by atoms with van der Waals surface area (Å²) in [5.41, 5.74) is 6.45. The molecule has 1 heterocycles. The Labute approximate surface area is 105 Å². The summed E-state index contributed by atoms with van der Waals surface area (Å²) in [7, 11) is 2.17. The zero-order valence-electron chi connectivity index (χ0n) is 11.4. The van der Waals surface area contributed by atoms with E-state index in [1.165, 1.54) is 12.8 Å². The highest BCUT2D eigenvalue weighted by atomic mass is 16.3. The molecule has 2 atom stereocenters. The van der Waals surface area contributed by atoms with E-state index in [1.54, 1.807) is 0 Å². The predicted octanol–water partition coefficient (Wildman–Crippen LogP) is 0.111. The molecule has 1 saturated heterocycles. The van der Waals surface area contributed by atoms with Crippen molar-refractivity contribution in [1.29, 1.82) is 0 Å². The van der Waals surface area contributed by atoms with E-state index in [4.69, 9.17) is 5.73 Å². The minimum absolute atomic E-state index is 0.149. The summed E-state index contributed by atoms with van der Waals surface area (Å²) in [6, 6.07) is 0.301. The van der Waals surface area contributed by atoms with E-state index in [0.29, 0.717) is 5.92 Å². The summed E-state index contributed by atoms with van der Waals surface area (Å²) >= 11 is 0. The highest BCUT2D eigenvalue weighted by molar-refractivity contribution is 4.97. The molecule has 17 heavy (non-hydrogen) atoms.